The lowest BCUT2D eigenvalue weighted by molar-refractivity contribution is -0.122. The fraction of sp³-hybridized carbons (Fsp3) is 0.250. The minimum absolute atomic E-state index is 0.101. The molecule has 1 saturated heterocycles. The summed E-state index contributed by atoms with van der Waals surface area (Å²) in [6.45, 7) is 3.64. The summed E-state index contributed by atoms with van der Waals surface area (Å²) in [6, 6.07) is 12.3. The van der Waals surface area contributed by atoms with E-state index in [0.29, 0.717) is 28.6 Å². The zero-order valence-electron chi connectivity index (χ0n) is 15.1. The summed E-state index contributed by atoms with van der Waals surface area (Å²) in [7, 11) is 0. The van der Waals surface area contributed by atoms with Gasteiger partial charge in [0, 0.05) is 42.0 Å². The Morgan fingerprint density at radius 2 is 1.70 bits per heavy atom. The SMILES string of the molecule is CC(=O)Nc1ccc(NC(=O)[C@@H]2CC(=O)N(c3ccc(C)c(Cl)c3)C2)cc1. The third-order valence-corrected chi connectivity index (χ3v) is 4.84. The Labute approximate surface area is 162 Å². The van der Waals surface area contributed by atoms with E-state index in [1.54, 1.807) is 35.2 Å². The van der Waals surface area contributed by atoms with Crippen molar-refractivity contribution in [1.29, 1.82) is 0 Å². The van der Waals surface area contributed by atoms with Crippen LogP contribution in [0.1, 0.15) is 18.9 Å². The van der Waals surface area contributed by atoms with Crippen LogP contribution in [0.3, 0.4) is 0 Å². The van der Waals surface area contributed by atoms with Crippen LogP contribution in [-0.4, -0.2) is 24.3 Å². The molecular weight excluding hydrogens is 366 g/mol. The van der Waals surface area contributed by atoms with Crippen LogP contribution in [0.2, 0.25) is 5.02 Å². The fourth-order valence-electron chi connectivity index (χ4n) is 2.97. The van der Waals surface area contributed by atoms with Gasteiger partial charge in [-0.3, -0.25) is 14.4 Å². The van der Waals surface area contributed by atoms with E-state index in [0.717, 1.165) is 5.56 Å². The molecule has 1 aliphatic heterocycles. The van der Waals surface area contributed by atoms with E-state index in [1.165, 1.54) is 6.92 Å². The first kappa shape index (κ1) is 18.9. The minimum atomic E-state index is -0.437. The standard InChI is InChI=1S/C20H20ClN3O3/c1-12-3-8-17(10-18(12)21)24-11-14(9-19(24)26)20(27)23-16-6-4-15(5-7-16)22-13(2)25/h3-8,10,14H,9,11H2,1-2H3,(H,22,25)(H,23,27)/t14-/m1/s1. The van der Waals surface area contributed by atoms with Crippen LogP contribution in [0.4, 0.5) is 17.1 Å². The van der Waals surface area contributed by atoms with Gasteiger partial charge < -0.3 is 15.5 Å². The van der Waals surface area contributed by atoms with E-state index in [2.05, 4.69) is 10.6 Å². The molecule has 140 valence electrons. The van der Waals surface area contributed by atoms with E-state index in [9.17, 15) is 14.4 Å². The summed E-state index contributed by atoms with van der Waals surface area (Å²) < 4.78 is 0. The second-order valence-corrected chi connectivity index (χ2v) is 6.99. The van der Waals surface area contributed by atoms with E-state index < -0.39 is 5.92 Å². The molecule has 0 unspecified atom stereocenters. The highest BCUT2D eigenvalue weighted by atomic mass is 35.5. The molecule has 0 radical (unpaired) electrons. The van der Waals surface area contributed by atoms with Crippen molar-refractivity contribution in [2.45, 2.75) is 20.3 Å². The minimum Gasteiger partial charge on any atom is -0.326 e. The lowest BCUT2D eigenvalue weighted by Gasteiger charge is -2.17. The molecule has 6 nitrogen and oxygen atoms in total. The van der Waals surface area contributed by atoms with Crippen molar-refractivity contribution in [3.8, 4) is 0 Å². The van der Waals surface area contributed by atoms with Crippen LogP contribution in [0.15, 0.2) is 42.5 Å². The highest BCUT2D eigenvalue weighted by molar-refractivity contribution is 6.31. The third-order valence-electron chi connectivity index (χ3n) is 4.44. The van der Waals surface area contributed by atoms with Gasteiger partial charge in [-0.1, -0.05) is 17.7 Å². The number of hydrogen-bond acceptors (Lipinski definition) is 3. The topological polar surface area (TPSA) is 78.5 Å². The molecule has 0 aliphatic carbocycles. The van der Waals surface area contributed by atoms with Crippen molar-refractivity contribution >= 4 is 46.4 Å². The van der Waals surface area contributed by atoms with E-state index in [4.69, 9.17) is 11.6 Å². The zero-order valence-corrected chi connectivity index (χ0v) is 15.8. The third kappa shape index (κ3) is 4.46. The average molecular weight is 386 g/mol. The number of hydrogen-bond donors (Lipinski definition) is 2. The number of carbonyl (C=O) groups is 3. The predicted molar refractivity (Wildman–Crippen MR) is 106 cm³/mol. The van der Waals surface area contributed by atoms with Crippen molar-refractivity contribution < 1.29 is 14.4 Å². The van der Waals surface area contributed by atoms with Gasteiger partial charge in [0.25, 0.3) is 0 Å². The first-order chi connectivity index (χ1) is 12.8. The number of nitrogens with one attached hydrogen (secondary N) is 2. The molecule has 2 aromatic carbocycles. The molecule has 3 rings (SSSR count). The van der Waals surface area contributed by atoms with Crippen LogP contribution in [0.25, 0.3) is 0 Å². The van der Waals surface area contributed by atoms with Crippen LogP contribution < -0.4 is 15.5 Å². The molecule has 0 aromatic heterocycles. The summed E-state index contributed by atoms with van der Waals surface area (Å²) in [4.78, 5) is 37.5. The summed E-state index contributed by atoms with van der Waals surface area (Å²) in [5.41, 5.74) is 2.90. The van der Waals surface area contributed by atoms with Gasteiger partial charge in [0.1, 0.15) is 0 Å². The molecule has 27 heavy (non-hydrogen) atoms. The van der Waals surface area contributed by atoms with Crippen molar-refractivity contribution in [1.82, 2.24) is 0 Å². The summed E-state index contributed by atoms with van der Waals surface area (Å²) in [6.07, 6.45) is 0.154. The monoisotopic (exact) mass is 385 g/mol. The number of aryl methyl sites for hydroxylation is 1. The molecule has 1 aliphatic rings. The maximum atomic E-state index is 12.5. The quantitative estimate of drug-likeness (QED) is 0.844. The highest BCUT2D eigenvalue weighted by Gasteiger charge is 2.35. The van der Waals surface area contributed by atoms with Gasteiger partial charge in [-0.05, 0) is 48.9 Å². The molecule has 0 spiro atoms. The molecule has 2 N–H and O–H groups in total. The number of benzene rings is 2. The summed E-state index contributed by atoms with van der Waals surface area (Å²) >= 11 is 6.15. The highest BCUT2D eigenvalue weighted by Crippen LogP contribution is 2.29. The number of nitrogens with zero attached hydrogens (tertiary/aromatic N) is 1. The number of amides is 3. The van der Waals surface area contributed by atoms with Gasteiger partial charge in [-0.15, -0.1) is 0 Å². The Morgan fingerprint density at radius 1 is 1.07 bits per heavy atom. The Balaban J connectivity index is 1.65. The van der Waals surface area contributed by atoms with Gasteiger partial charge >= 0.3 is 0 Å². The van der Waals surface area contributed by atoms with Gasteiger partial charge in [0.2, 0.25) is 17.7 Å². The largest absolute Gasteiger partial charge is 0.326 e. The Kier molecular flexibility index (Phi) is 5.46. The second-order valence-electron chi connectivity index (χ2n) is 6.59. The molecule has 1 heterocycles. The maximum absolute atomic E-state index is 12.5. The summed E-state index contributed by atoms with van der Waals surface area (Å²) in [5, 5.41) is 6.08. The van der Waals surface area contributed by atoms with E-state index >= 15 is 0 Å². The smallest absolute Gasteiger partial charge is 0.229 e. The molecule has 1 fully saturated rings. The van der Waals surface area contributed by atoms with Crippen molar-refractivity contribution in [2.75, 3.05) is 22.1 Å². The van der Waals surface area contributed by atoms with Crippen molar-refractivity contribution in [3.63, 3.8) is 0 Å². The molecule has 1 atom stereocenters. The first-order valence-electron chi connectivity index (χ1n) is 8.58. The van der Waals surface area contributed by atoms with Crippen molar-refractivity contribution in [3.05, 3.63) is 53.1 Å². The number of rotatable bonds is 4. The van der Waals surface area contributed by atoms with E-state index in [1.807, 2.05) is 19.1 Å². The number of halogens is 1. The molecule has 2 aromatic rings. The molecule has 7 heteroatoms. The average Bonchev–Trinajstić information content (AvgIpc) is 3.00. The van der Waals surface area contributed by atoms with Gasteiger partial charge in [-0.25, -0.2) is 0 Å². The van der Waals surface area contributed by atoms with Crippen LogP contribution >= 0.6 is 11.6 Å². The Hall–Kier alpha value is -2.86. The molecule has 0 saturated carbocycles. The number of anilines is 3. The van der Waals surface area contributed by atoms with Gasteiger partial charge in [-0.2, -0.15) is 0 Å². The van der Waals surface area contributed by atoms with Crippen LogP contribution in [0.5, 0.6) is 0 Å². The lowest BCUT2D eigenvalue weighted by atomic mass is 10.1. The molecular formula is C20H20ClN3O3. The fourth-order valence-corrected chi connectivity index (χ4v) is 3.14. The molecule has 0 bridgehead atoms. The zero-order chi connectivity index (χ0) is 19.6. The van der Waals surface area contributed by atoms with Gasteiger partial charge in [0.15, 0.2) is 0 Å². The Bertz CT molecular complexity index is 896. The van der Waals surface area contributed by atoms with Crippen LogP contribution in [0, 0.1) is 12.8 Å². The number of carbonyl (C=O) groups excluding carboxylic acids is 3. The van der Waals surface area contributed by atoms with Gasteiger partial charge in [0.05, 0.1) is 5.92 Å². The van der Waals surface area contributed by atoms with Crippen LogP contribution in [-0.2, 0) is 14.4 Å². The molecule has 3 amide bonds. The predicted octanol–water partition coefficient (Wildman–Crippen LogP) is 3.60. The normalized spacial score (nSPS) is 16.3. The van der Waals surface area contributed by atoms with E-state index in [-0.39, 0.29) is 24.1 Å². The first-order valence-corrected chi connectivity index (χ1v) is 8.96. The second kappa shape index (κ2) is 7.80. The van der Waals surface area contributed by atoms with Crippen molar-refractivity contribution in [2.24, 2.45) is 5.92 Å². The maximum Gasteiger partial charge on any atom is 0.229 e. The Morgan fingerprint density at radius 3 is 2.30 bits per heavy atom. The summed E-state index contributed by atoms with van der Waals surface area (Å²) in [5.74, 6) is -0.910. The lowest BCUT2D eigenvalue weighted by Crippen LogP contribution is -2.28.